The van der Waals surface area contributed by atoms with Crippen LogP contribution in [0.2, 0.25) is 0 Å². The van der Waals surface area contributed by atoms with E-state index in [0.29, 0.717) is 0 Å². The molecule has 0 bridgehead atoms. The summed E-state index contributed by atoms with van der Waals surface area (Å²) in [5.74, 6) is 0. The largest absolute Gasteiger partial charge is 0.378 e. The minimum absolute atomic E-state index is 0.834. The number of hydrogen-bond donors (Lipinski definition) is 0. The lowest BCUT2D eigenvalue weighted by molar-refractivity contribution is 1.13. The van der Waals surface area contributed by atoms with E-state index in [4.69, 9.17) is 0 Å². The van der Waals surface area contributed by atoms with E-state index in [-0.39, 0.29) is 0 Å². The third-order valence-electron chi connectivity index (χ3n) is 2.74. The smallest absolute Gasteiger partial charge is 0.0857 e. The molecule has 4 heteroatoms. The highest BCUT2D eigenvalue weighted by molar-refractivity contribution is 9.10. The fourth-order valence-corrected chi connectivity index (χ4v) is 1.88. The first kappa shape index (κ1) is 14.5. The second kappa shape index (κ2) is 7.01. The zero-order valence-electron chi connectivity index (χ0n) is 11.5. The molecule has 0 saturated heterocycles. The van der Waals surface area contributed by atoms with Crippen molar-refractivity contribution >= 4 is 33.4 Å². The first-order valence-electron chi connectivity index (χ1n) is 6.25. The van der Waals surface area contributed by atoms with E-state index in [2.05, 4.69) is 55.3 Å². The Labute approximate surface area is 127 Å². The van der Waals surface area contributed by atoms with Gasteiger partial charge in [0, 0.05) is 24.3 Å². The molecule has 3 nitrogen and oxygen atoms in total. The topological polar surface area (TPSA) is 28.0 Å². The van der Waals surface area contributed by atoms with Gasteiger partial charge < -0.3 is 4.90 Å². The van der Waals surface area contributed by atoms with Crippen LogP contribution in [-0.2, 0) is 0 Å². The fraction of sp³-hybridized carbons (Fsp3) is 0.125. The van der Waals surface area contributed by atoms with Crippen LogP contribution in [-0.4, -0.2) is 14.1 Å². The maximum atomic E-state index is 4.12. The molecule has 0 heterocycles. The number of anilines is 1. The zero-order chi connectivity index (χ0) is 14.4. The van der Waals surface area contributed by atoms with Crippen LogP contribution in [0.5, 0.6) is 0 Å². The van der Waals surface area contributed by atoms with Crippen LogP contribution in [0.4, 0.5) is 11.4 Å². The van der Waals surface area contributed by atoms with Gasteiger partial charge in [-0.25, -0.2) is 0 Å². The molecule has 0 unspecified atom stereocenters. The Kier molecular flexibility index (Phi) is 5.07. The highest BCUT2D eigenvalue weighted by Crippen LogP contribution is 2.17. The number of benzene rings is 2. The van der Waals surface area contributed by atoms with Crippen molar-refractivity contribution in [3.63, 3.8) is 0 Å². The number of azo groups is 1. The number of rotatable bonds is 4. The van der Waals surface area contributed by atoms with Crippen LogP contribution < -0.4 is 4.90 Å². The van der Waals surface area contributed by atoms with Crippen LogP contribution in [0.3, 0.4) is 0 Å². The zero-order valence-corrected chi connectivity index (χ0v) is 13.1. The molecule has 0 amide bonds. The Hall–Kier alpha value is -1.94. The summed E-state index contributed by atoms with van der Waals surface area (Å²) in [4.78, 5) is 2.07. The molecule has 20 heavy (non-hydrogen) atoms. The molecule has 0 N–H and O–H groups in total. The van der Waals surface area contributed by atoms with Crippen LogP contribution in [0.1, 0.15) is 5.56 Å². The van der Waals surface area contributed by atoms with Gasteiger partial charge in [-0.15, -0.1) is 0 Å². The molecular formula is C16H16BrN3. The quantitative estimate of drug-likeness (QED) is 0.702. The Morgan fingerprint density at radius 2 is 1.60 bits per heavy atom. The molecule has 0 aliphatic rings. The van der Waals surface area contributed by atoms with E-state index in [1.165, 1.54) is 5.69 Å². The van der Waals surface area contributed by atoms with Crippen molar-refractivity contribution in [2.24, 2.45) is 10.2 Å². The van der Waals surface area contributed by atoms with Crippen molar-refractivity contribution in [2.75, 3.05) is 19.0 Å². The molecule has 0 saturated carbocycles. The van der Waals surface area contributed by atoms with Gasteiger partial charge in [0.2, 0.25) is 0 Å². The minimum atomic E-state index is 0.834. The first-order valence-corrected chi connectivity index (χ1v) is 7.05. The SMILES string of the molecule is CN(C)c1ccc(C=CN=Nc2ccc(Br)cc2)cc1. The Morgan fingerprint density at radius 3 is 2.20 bits per heavy atom. The van der Waals surface area contributed by atoms with Gasteiger partial charge in [0.1, 0.15) is 0 Å². The molecule has 2 aromatic carbocycles. The number of nitrogens with zero attached hydrogens (tertiary/aromatic N) is 3. The maximum absolute atomic E-state index is 4.12. The van der Waals surface area contributed by atoms with Crippen molar-refractivity contribution in [1.82, 2.24) is 0 Å². The lowest BCUT2D eigenvalue weighted by atomic mass is 10.2. The van der Waals surface area contributed by atoms with Gasteiger partial charge in [-0.3, -0.25) is 0 Å². The molecule has 2 rings (SSSR count). The summed E-state index contributed by atoms with van der Waals surface area (Å²) in [6.07, 6.45) is 3.63. The third-order valence-corrected chi connectivity index (χ3v) is 3.27. The van der Waals surface area contributed by atoms with E-state index >= 15 is 0 Å². The van der Waals surface area contributed by atoms with E-state index in [1.807, 2.05) is 44.4 Å². The molecule has 0 spiro atoms. The summed E-state index contributed by atoms with van der Waals surface area (Å²) >= 11 is 3.38. The summed E-state index contributed by atoms with van der Waals surface area (Å²) in [6, 6.07) is 16.0. The predicted octanol–water partition coefficient (Wildman–Crippen LogP) is 5.27. The number of hydrogen-bond acceptors (Lipinski definition) is 3. The highest BCUT2D eigenvalue weighted by Gasteiger charge is 1.93. The average molecular weight is 330 g/mol. The molecule has 0 aliphatic carbocycles. The van der Waals surface area contributed by atoms with E-state index in [9.17, 15) is 0 Å². The fourth-order valence-electron chi connectivity index (χ4n) is 1.61. The van der Waals surface area contributed by atoms with Crippen molar-refractivity contribution in [3.05, 3.63) is 64.8 Å². The maximum Gasteiger partial charge on any atom is 0.0857 e. The van der Waals surface area contributed by atoms with Crippen molar-refractivity contribution in [2.45, 2.75) is 0 Å². The van der Waals surface area contributed by atoms with E-state index in [0.717, 1.165) is 15.7 Å². The first-order chi connectivity index (χ1) is 9.65. The van der Waals surface area contributed by atoms with Crippen LogP contribution >= 0.6 is 15.9 Å². The summed E-state index contributed by atoms with van der Waals surface area (Å²) in [7, 11) is 4.05. The van der Waals surface area contributed by atoms with Gasteiger partial charge >= 0.3 is 0 Å². The lowest BCUT2D eigenvalue weighted by Crippen LogP contribution is -2.07. The lowest BCUT2D eigenvalue weighted by Gasteiger charge is -2.11. The third kappa shape index (κ3) is 4.31. The van der Waals surface area contributed by atoms with Crippen molar-refractivity contribution < 1.29 is 0 Å². The summed E-state index contributed by atoms with van der Waals surface area (Å²) in [6.45, 7) is 0. The molecule has 0 radical (unpaired) electrons. The molecule has 0 atom stereocenters. The van der Waals surface area contributed by atoms with Crippen molar-refractivity contribution in [3.8, 4) is 0 Å². The second-order valence-electron chi connectivity index (χ2n) is 4.49. The van der Waals surface area contributed by atoms with E-state index in [1.54, 1.807) is 6.20 Å². The predicted molar refractivity (Wildman–Crippen MR) is 88.5 cm³/mol. The molecule has 0 aliphatic heterocycles. The van der Waals surface area contributed by atoms with Gasteiger partial charge in [-0.05, 0) is 48.0 Å². The average Bonchev–Trinajstić information content (AvgIpc) is 2.46. The standard InChI is InChI=1S/C16H16BrN3/c1-20(2)16-9-3-13(4-10-16)11-12-18-19-15-7-5-14(17)6-8-15/h3-12H,1-2H3. The monoisotopic (exact) mass is 329 g/mol. The molecule has 0 aromatic heterocycles. The molecule has 0 fully saturated rings. The van der Waals surface area contributed by atoms with E-state index < -0.39 is 0 Å². The summed E-state index contributed by atoms with van der Waals surface area (Å²) < 4.78 is 1.04. The summed E-state index contributed by atoms with van der Waals surface area (Å²) in [5.41, 5.74) is 3.12. The van der Waals surface area contributed by atoms with Gasteiger partial charge in [-0.1, -0.05) is 28.1 Å². The Bertz CT molecular complexity index is 599. The molecule has 2 aromatic rings. The highest BCUT2D eigenvalue weighted by atomic mass is 79.9. The normalized spacial score (nSPS) is 11.3. The van der Waals surface area contributed by atoms with Gasteiger partial charge in [0.05, 0.1) is 11.9 Å². The Morgan fingerprint density at radius 1 is 0.950 bits per heavy atom. The van der Waals surface area contributed by atoms with Crippen molar-refractivity contribution in [1.29, 1.82) is 0 Å². The second-order valence-corrected chi connectivity index (χ2v) is 5.41. The van der Waals surface area contributed by atoms with Crippen LogP contribution in [0.25, 0.3) is 6.08 Å². The molecule has 102 valence electrons. The number of halogens is 1. The molecular weight excluding hydrogens is 314 g/mol. The minimum Gasteiger partial charge on any atom is -0.378 e. The van der Waals surface area contributed by atoms with Gasteiger partial charge in [0.25, 0.3) is 0 Å². The Balaban J connectivity index is 1.97. The summed E-state index contributed by atoms with van der Waals surface area (Å²) in [5, 5.41) is 8.16. The van der Waals surface area contributed by atoms with Gasteiger partial charge in [0.15, 0.2) is 0 Å². The van der Waals surface area contributed by atoms with Crippen LogP contribution in [0, 0.1) is 0 Å². The van der Waals surface area contributed by atoms with Crippen LogP contribution in [0.15, 0.2) is 69.4 Å². The van der Waals surface area contributed by atoms with Gasteiger partial charge in [-0.2, -0.15) is 10.2 Å².